The molecule has 0 aliphatic carbocycles. The largest absolute Gasteiger partial charge is 0.478 e. The predicted octanol–water partition coefficient (Wildman–Crippen LogP) is 1.43. The summed E-state index contributed by atoms with van der Waals surface area (Å²) < 4.78 is 5.41. The first kappa shape index (κ1) is 12.5. The number of benzene rings is 1. The van der Waals surface area contributed by atoms with Crippen LogP contribution in [0.3, 0.4) is 0 Å². The van der Waals surface area contributed by atoms with Gasteiger partial charge in [-0.05, 0) is 44.5 Å². The van der Waals surface area contributed by atoms with Crippen LogP contribution >= 0.6 is 0 Å². The van der Waals surface area contributed by atoms with Gasteiger partial charge in [0.15, 0.2) is 5.60 Å². The van der Waals surface area contributed by atoms with Crippen molar-refractivity contribution in [2.45, 2.75) is 25.9 Å². The molecule has 16 heavy (non-hydrogen) atoms. The monoisotopic (exact) mass is 223 g/mol. The maximum absolute atomic E-state index is 10.9. The first-order valence-corrected chi connectivity index (χ1v) is 5.17. The van der Waals surface area contributed by atoms with Crippen LogP contribution < -0.4 is 10.5 Å². The molecule has 1 aromatic carbocycles. The fourth-order valence-electron chi connectivity index (χ4n) is 1.27. The average molecular weight is 223 g/mol. The molecule has 0 aliphatic heterocycles. The summed E-state index contributed by atoms with van der Waals surface area (Å²) in [5, 5.41) is 8.93. The Morgan fingerprint density at radius 3 is 2.75 bits per heavy atom. The van der Waals surface area contributed by atoms with Gasteiger partial charge in [0.05, 0.1) is 0 Å². The van der Waals surface area contributed by atoms with Gasteiger partial charge in [0.25, 0.3) is 0 Å². The highest BCUT2D eigenvalue weighted by Crippen LogP contribution is 2.20. The first-order valence-electron chi connectivity index (χ1n) is 5.17. The molecule has 0 aromatic heterocycles. The summed E-state index contributed by atoms with van der Waals surface area (Å²) in [6, 6.07) is 7.33. The number of nitrogens with two attached hydrogens (primary N) is 1. The van der Waals surface area contributed by atoms with Crippen molar-refractivity contribution in [3.63, 3.8) is 0 Å². The Balaban J connectivity index is 2.81. The van der Waals surface area contributed by atoms with Crippen molar-refractivity contribution >= 4 is 5.97 Å². The highest BCUT2D eigenvalue weighted by Gasteiger charge is 2.29. The second-order valence-electron chi connectivity index (χ2n) is 4.10. The molecule has 0 amide bonds. The lowest BCUT2D eigenvalue weighted by molar-refractivity contribution is -0.152. The van der Waals surface area contributed by atoms with Gasteiger partial charge < -0.3 is 15.6 Å². The molecule has 0 aliphatic rings. The van der Waals surface area contributed by atoms with Crippen molar-refractivity contribution in [2.24, 2.45) is 5.73 Å². The van der Waals surface area contributed by atoms with Gasteiger partial charge in [-0.25, -0.2) is 4.79 Å². The third-order valence-electron chi connectivity index (χ3n) is 2.22. The van der Waals surface area contributed by atoms with E-state index in [2.05, 4.69) is 0 Å². The zero-order chi connectivity index (χ0) is 12.2. The fourth-order valence-corrected chi connectivity index (χ4v) is 1.27. The van der Waals surface area contributed by atoms with E-state index >= 15 is 0 Å². The summed E-state index contributed by atoms with van der Waals surface area (Å²) >= 11 is 0. The third-order valence-corrected chi connectivity index (χ3v) is 2.22. The molecule has 0 spiro atoms. The van der Waals surface area contributed by atoms with Crippen LogP contribution in [0, 0.1) is 0 Å². The number of aliphatic carboxylic acids is 1. The summed E-state index contributed by atoms with van der Waals surface area (Å²) in [6.07, 6.45) is 0.755. The topological polar surface area (TPSA) is 72.5 Å². The zero-order valence-electron chi connectivity index (χ0n) is 9.56. The van der Waals surface area contributed by atoms with E-state index in [4.69, 9.17) is 15.6 Å². The minimum atomic E-state index is -1.22. The molecule has 0 heterocycles. The van der Waals surface area contributed by atoms with Crippen molar-refractivity contribution in [3.8, 4) is 5.75 Å². The van der Waals surface area contributed by atoms with Gasteiger partial charge in [0, 0.05) is 0 Å². The molecule has 0 radical (unpaired) electrons. The van der Waals surface area contributed by atoms with Crippen molar-refractivity contribution < 1.29 is 14.6 Å². The molecule has 0 fully saturated rings. The quantitative estimate of drug-likeness (QED) is 0.792. The lowest BCUT2D eigenvalue weighted by Gasteiger charge is -2.21. The van der Waals surface area contributed by atoms with Crippen molar-refractivity contribution in [1.29, 1.82) is 0 Å². The van der Waals surface area contributed by atoms with E-state index in [9.17, 15) is 4.79 Å². The van der Waals surface area contributed by atoms with E-state index in [1.54, 1.807) is 6.07 Å². The average Bonchev–Trinajstić information content (AvgIpc) is 2.17. The maximum Gasteiger partial charge on any atom is 0.347 e. The molecule has 88 valence electrons. The molecule has 4 heteroatoms. The Bertz CT molecular complexity index is 374. The lowest BCUT2D eigenvalue weighted by atomic mass is 10.1. The number of carbonyl (C=O) groups is 1. The fraction of sp³-hybridized carbons (Fsp3) is 0.417. The molecule has 1 aromatic rings. The summed E-state index contributed by atoms with van der Waals surface area (Å²) in [5.74, 6) is -0.435. The van der Waals surface area contributed by atoms with E-state index < -0.39 is 11.6 Å². The van der Waals surface area contributed by atoms with Gasteiger partial charge >= 0.3 is 5.97 Å². The Hall–Kier alpha value is -1.55. The molecule has 0 saturated heterocycles. The number of carboxylic acid groups (broad SMARTS) is 1. The maximum atomic E-state index is 10.9. The Morgan fingerprint density at radius 2 is 2.19 bits per heavy atom. The smallest absolute Gasteiger partial charge is 0.347 e. The number of rotatable bonds is 5. The normalized spacial score (nSPS) is 11.2. The first-order chi connectivity index (χ1) is 7.45. The van der Waals surface area contributed by atoms with E-state index in [1.807, 2.05) is 18.2 Å². The van der Waals surface area contributed by atoms with Crippen LogP contribution in [-0.4, -0.2) is 23.2 Å². The molecular weight excluding hydrogens is 206 g/mol. The minimum absolute atomic E-state index is 0.554. The number of ether oxygens (including phenoxy) is 1. The van der Waals surface area contributed by atoms with Gasteiger partial charge in [-0.3, -0.25) is 0 Å². The molecule has 0 atom stereocenters. The van der Waals surface area contributed by atoms with Crippen LogP contribution in [0.2, 0.25) is 0 Å². The summed E-state index contributed by atoms with van der Waals surface area (Å²) in [7, 11) is 0. The second-order valence-corrected chi connectivity index (χ2v) is 4.10. The van der Waals surface area contributed by atoms with Gasteiger partial charge in [0.1, 0.15) is 5.75 Å². The van der Waals surface area contributed by atoms with E-state index in [0.29, 0.717) is 12.3 Å². The SMILES string of the molecule is CC(C)(Oc1cccc(CCN)c1)C(=O)O. The predicted molar refractivity (Wildman–Crippen MR) is 61.5 cm³/mol. The molecule has 4 nitrogen and oxygen atoms in total. The zero-order valence-corrected chi connectivity index (χ0v) is 9.56. The number of carboxylic acids is 1. The number of hydrogen-bond donors (Lipinski definition) is 2. The molecule has 0 saturated carbocycles. The van der Waals surface area contributed by atoms with Crippen molar-refractivity contribution in [3.05, 3.63) is 29.8 Å². The van der Waals surface area contributed by atoms with Gasteiger partial charge in [0.2, 0.25) is 0 Å². The van der Waals surface area contributed by atoms with Gasteiger partial charge in [-0.15, -0.1) is 0 Å². The van der Waals surface area contributed by atoms with Crippen molar-refractivity contribution in [1.82, 2.24) is 0 Å². The third kappa shape index (κ3) is 3.24. The van der Waals surface area contributed by atoms with Crippen LogP contribution in [-0.2, 0) is 11.2 Å². The minimum Gasteiger partial charge on any atom is -0.478 e. The van der Waals surface area contributed by atoms with Crippen LogP contribution in [0.5, 0.6) is 5.75 Å². The molecule has 0 unspecified atom stereocenters. The summed E-state index contributed by atoms with van der Waals surface area (Å²) in [6.45, 7) is 3.60. The highest BCUT2D eigenvalue weighted by atomic mass is 16.5. The van der Waals surface area contributed by atoms with E-state index in [-0.39, 0.29) is 0 Å². The summed E-state index contributed by atoms with van der Waals surface area (Å²) in [4.78, 5) is 10.9. The molecule has 1 rings (SSSR count). The van der Waals surface area contributed by atoms with Crippen LogP contribution in [0.15, 0.2) is 24.3 Å². The number of hydrogen-bond acceptors (Lipinski definition) is 3. The Labute approximate surface area is 95.0 Å². The van der Waals surface area contributed by atoms with Crippen LogP contribution in [0.1, 0.15) is 19.4 Å². The van der Waals surface area contributed by atoms with Crippen molar-refractivity contribution in [2.75, 3.05) is 6.54 Å². The highest BCUT2D eigenvalue weighted by molar-refractivity contribution is 5.76. The summed E-state index contributed by atoms with van der Waals surface area (Å²) in [5.41, 5.74) is 5.27. The van der Waals surface area contributed by atoms with E-state index in [0.717, 1.165) is 12.0 Å². The standard InChI is InChI=1S/C12H17NO3/c1-12(2,11(14)15)16-10-5-3-4-9(8-10)6-7-13/h3-5,8H,6-7,13H2,1-2H3,(H,14,15). The Kier molecular flexibility index (Phi) is 3.90. The molecule has 0 bridgehead atoms. The second kappa shape index (κ2) is 4.99. The molecule has 3 N–H and O–H groups in total. The van der Waals surface area contributed by atoms with Gasteiger partial charge in [-0.1, -0.05) is 12.1 Å². The van der Waals surface area contributed by atoms with Crippen LogP contribution in [0.4, 0.5) is 0 Å². The Morgan fingerprint density at radius 1 is 1.50 bits per heavy atom. The molecular formula is C12H17NO3. The lowest BCUT2D eigenvalue weighted by Crippen LogP contribution is -2.37. The van der Waals surface area contributed by atoms with E-state index in [1.165, 1.54) is 13.8 Å². The van der Waals surface area contributed by atoms with Crippen LogP contribution in [0.25, 0.3) is 0 Å². The van der Waals surface area contributed by atoms with Gasteiger partial charge in [-0.2, -0.15) is 0 Å².